The van der Waals surface area contributed by atoms with Gasteiger partial charge in [-0.05, 0) is 74.2 Å². The number of rotatable bonds is 8. The van der Waals surface area contributed by atoms with E-state index >= 15 is 0 Å². The normalized spacial score (nSPS) is 11.3. The Bertz CT molecular complexity index is 1930. The third-order valence-electron chi connectivity index (χ3n) is 7.76. The van der Waals surface area contributed by atoms with Gasteiger partial charge in [0.1, 0.15) is 23.1 Å². The van der Waals surface area contributed by atoms with E-state index in [1.807, 2.05) is 34.8 Å². The number of nitrogens with zero attached hydrogens (tertiary/aromatic N) is 3. The lowest BCUT2D eigenvalue weighted by atomic mass is 9.98. The summed E-state index contributed by atoms with van der Waals surface area (Å²) in [5.74, 6) is 0.780. The Hall–Kier alpha value is -4.37. The molecule has 3 aromatic carbocycles. The van der Waals surface area contributed by atoms with Crippen LogP contribution in [0.1, 0.15) is 26.6 Å². The van der Waals surface area contributed by atoms with Crippen molar-refractivity contribution in [3.8, 4) is 58.9 Å². The number of benzene rings is 3. The topological polar surface area (TPSA) is 63.7 Å². The van der Waals surface area contributed by atoms with Crippen LogP contribution >= 0.6 is 34.0 Å². The van der Waals surface area contributed by atoms with Crippen molar-refractivity contribution in [1.29, 1.82) is 0 Å². The molecule has 0 aliphatic carbocycles. The number of thiophene rings is 2. The van der Waals surface area contributed by atoms with E-state index in [1.54, 1.807) is 17.5 Å². The highest BCUT2D eigenvalue weighted by Gasteiger charge is 2.26. The third-order valence-corrected chi connectivity index (χ3v) is 11.4. The molecule has 4 aromatic heterocycles. The molecule has 1 N–H and O–H groups in total. The molecule has 7 aromatic rings. The summed E-state index contributed by atoms with van der Waals surface area (Å²) in [5, 5.41) is 11.5. The molecule has 218 valence electrons. The smallest absolute Gasteiger partial charge is 0.134 e. The van der Waals surface area contributed by atoms with Gasteiger partial charge in [0.15, 0.2) is 0 Å². The molecule has 7 rings (SSSR count). The first-order chi connectivity index (χ1) is 21.5. The van der Waals surface area contributed by atoms with Crippen LogP contribution in [0.25, 0.3) is 53.2 Å². The third kappa shape index (κ3) is 5.30. The Balaban J connectivity index is 1.35. The molecule has 0 unspecified atom stereocenters. The number of thiazole rings is 1. The van der Waals surface area contributed by atoms with Gasteiger partial charge in [0.25, 0.3) is 0 Å². The molecule has 0 aliphatic heterocycles. The summed E-state index contributed by atoms with van der Waals surface area (Å²) in [7, 11) is 0. The van der Waals surface area contributed by atoms with Gasteiger partial charge in [-0.3, -0.25) is 0 Å². The summed E-state index contributed by atoms with van der Waals surface area (Å²) in [4.78, 5) is 11.8. The molecule has 0 fully saturated rings. The Labute approximate surface area is 268 Å². The lowest BCUT2D eigenvalue weighted by molar-refractivity contribution is 0.301. The highest BCUT2D eigenvalue weighted by Crippen LogP contribution is 2.51. The number of nitrogens with one attached hydrogen (secondary N) is 1. The molecule has 0 saturated heterocycles. The van der Waals surface area contributed by atoms with Crippen molar-refractivity contribution in [2.45, 2.75) is 34.3 Å². The number of aromatic amines is 1. The maximum absolute atomic E-state index is 5.92. The zero-order valence-electron chi connectivity index (χ0n) is 24.8. The summed E-state index contributed by atoms with van der Waals surface area (Å²) >= 11 is 5.50. The minimum atomic E-state index is 0.363. The number of hydrogen-bond donors (Lipinski definition) is 1. The van der Waals surface area contributed by atoms with Gasteiger partial charge in [0.2, 0.25) is 0 Å². The van der Waals surface area contributed by atoms with Crippen molar-refractivity contribution in [3.05, 3.63) is 118 Å². The summed E-state index contributed by atoms with van der Waals surface area (Å²) in [6.07, 6.45) is 1.67. The predicted molar refractivity (Wildman–Crippen MR) is 185 cm³/mol. The van der Waals surface area contributed by atoms with Gasteiger partial charge in [-0.15, -0.1) is 34.0 Å². The van der Waals surface area contributed by atoms with Crippen molar-refractivity contribution in [3.63, 3.8) is 0 Å². The van der Waals surface area contributed by atoms with E-state index in [0.29, 0.717) is 6.61 Å². The van der Waals surface area contributed by atoms with Gasteiger partial charge in [-0.1, -0.05) is 60.7 Å². The van der Waals surface area contributed by atoms with E-state index in [9.17, 15) is 0 Å². The van der Waals surface area contributed by atoms with Crippen molar-refractivity contribution in [1.82, 2.24) is 20.4 Å². The summed E-state index contributed by atoms with van der Waals surface area (Å²) < 4.78 is 5.92. The first-order valence-electron chi connectivity index (χ1n) is 14.4. The Kier molecular flexibility index (Phi) is 7.72. The van der Waals surface area contributed by atoms with Crippen molar-refractivity contribution >= 4 is 34.0 Å². The van der Waals surface area contributed by atoms with Crippen molar-refractivity contribution in [2.24, 2.45) is 0 Å². The van der Waals surface area contributed by atoms with Crippen molar-refractivity contribution in [2.75, 3.05) is 0 Å². The maximum atomic E-state index is 5.92. The number of ether oxygens (including phenoxy) is 1. The molecule has 0 amide bonds. The molecular weight excluding hydrogens is 601 g/mol. The molecule has 0 spiro atoms. The van der Waals surface area contributed by atoms with Gasteiger partial charge in [-0.25, -0.2) is 4.98 Å². The second-order valence-corrected chi connectivity index (χ2v) is 14.1. The first-order valence-corrected chi connectivity index (χ1v) is 16.8. The lowest BCUT2D eigenvalue weighted by Gasteiger charge is -2.07. The van der Waals surface area contributed by atoms with Gasteiger partial charge < -0.3 is 4.74 Å². The maximum Gasteiger partial charge on any atom is 0.134 e. The fourth-order valence-corrected chi connectivity index (χ4v) is 9.29. The van der Waals surface area contributed by atoms with E-state index in [2.05, 4.69) is 116 Å². The van der Waals surface area contributed by atoms with E-state index < -0.39 is 0 Å². The average Bonchev–Trinajstić information content (AvgIpc) is 3.84. The van der Waals surface area contributed by atoms with E-state index in [1.165, 1.54) is 57.8 Å². The minimum Gasteiger partial charge on any atom is -0.487 e. The second kappa shape index (κ2) is 12.0. The molecule has 0 atom stereocenters. The van der Waals surface area contributed by atoms with Crippen LogP contribution < -0.4 is 4.74 Å². The molecular formula is C36H30N4OS3. The van der Waals surface area contributed by atoms with Crippen molar-refractivity contribution < 1.29 is 4.74 Å². The van der Waals surface area contributed by atoms with Crippen LogP contribution in [0, 0.1) is 27.7 Å². The summed E-state index contributed by atoms with van der Waals surface area (Å²) in [6, 6.07) is 29.6. The van der Waals surface area contributed by atoms with Crippen LogP contribution in [-0.2, 0) is 6.61 Å². The molecule has 44 heavy (non-hydrogen) atoms. The van der Waals surface area contributed by atoms with Gasteiger partial charge in [0.05, 0.1) is 16.8 Å². The van der Waals surface area contributed by atoms with Crippen LogP contribution in [0.5, 0.6) is 5.75 Å². The number of H-pyrrole nitrogens is 1. The molecule has 5 nitrogen and oxygen atoms in total. The zero-order chi connectivity index (χ0) is 30.2. The Morgan fingerprint density at radius 1 is 0.636 bits per heavy atom. The molecule has 0 radical (unpaired) electrons. The van der Waals surface area contributed by atoms with Gasteiger partial charge in [-0.2, -0.15) is 15.4 Å². The van der Waals surface area contributed by atoms with E-state index in [-0.39, 0.29) is 0 Å². The molecule has 4 heterocycles. The molecule has 0 aliphatic rings. The Morgan fingerprint density at radius 3 is 1.82 bits per heavy atom. The molecule has 8 heteroatoms. The highest BCUT2D eigenvalue weighted by molar-refractivity contribution is 7.20. The van der Waals surface area contributed by atoms with Crippen LogP contribution in [0.3, 0.4) is 0 Å². The number of hydrogen-bond acceptors (Lipinski definition) is 7. The van der Waals surface area contributed by atoms with E-state index in [4.69, 9.17) is 9.72 Å². The Morgan fingerprint density at radius 2 is 1.23 bits per heavy atom. The summed E-state index contributed by atoms with van der Waals surface area (Å²) in [6.45, 7) is 9.34. The summed E-state index contributed by atoms with van der Waals surface area (Å²) in [5.41, 5.74) is 10.5. The van der Waals surface area contributed by atoms with Crippen LogP contribution in [0.2, 0.25) is 0 Å². The predicted octanol–water partition coefficient (Wildman–Crippen LogP) is 10.5. The molecule has 0 saturated carbocycles. The number of aryl methyl sites for hydroxylation is 2. The van der Waals surface area contributed by atoms with Gasteiger partial charge >= 0.3 is 0 Å². The van der Waals surface area contributed by atoms with Crippen LogP contribution in [-0.4, -0.2) is 20.4 Å². The van der Waals surface area contributed by atoms with E-state index in [0.717, 1.165) is 27.7 Å². The fourth-order valence-electron chi connectivity index (χ4n) is 5.65. The average molecular weight is 631 g/mol. The van der Waals surface area contributed by atoms with Crippen LogP contribution in [0.15, 0.2) is 91.1 Å². The fraction of sp³-hybridized carbons (Fsp3) is 0.139. The second-order valence-electron chi connectivity index (χ2n) is 10.7. The van der Waals surface area contributed by atoms with Gasteiger partial charge in [0, 0.05) is 36.2 Å². The minimum absolute atomic E-state index is 0.363. The largest absolute Gasteiger partial charge is 0.487 e. The number of aromatic nitrogens is 4. The molecule has 0 bridgehead atoms. The monoisotopic (exact) mass is 630 g/mol. The SMILES string of the molecule is Cc1sc(-c2ccccc2)c(C)c1-c1nc(-c2ccc(OCc3cn[nH]n3)cc2)sc1-c1c(C)sc(-c2ccccc2)c1C. The highest BCUT2D eigenvalue weighted by atomic mass is 32.1. The standard InChI is InChI=1S/C36H30N4OS3/c1-21-30(23(3)42-33(21)25-11-7-5-8-12-25)32-35(31-22(2)34(43-24(31)4)26-13-9-6-10-14-26)44-36(38-32)27-15-17-29(18-16-27)41-20-28-19-37-40-39-28/h5-19H,20H2,1-4H3,(H,37,39,40). The quantitative estimate of drug-likeness (QED) is 0.181. The zero-order valence-corrected chi connectivity index (χ0v) is 27.3. The van der Waals surface area contributed by atoms with Crippen LogP contribution in [0.4, 0.5) is 0 Å². The first kappa shape index (κ1) is 28.4. The lowest BCUT2D eigenvalue weighted by Crippen LogP contribution is -1.95.